The van der Waals surface area contributed by atoms with Gasteiger partial charge in [0.1, 0.15) is 6.61 Å². The van der Waals surface area contributed by atoms with Gasteiger partial charge in [-0.15, -0.1) is 0 Å². The first kappa shape index (κ1) is 17.5. The Kier molecular flexibility index (Phi) is 4.88. The summed E-state index contributed by atoms with van der Waals surface area (Å²) < 4.78 is 9.58. The Morgan fingerprint density at radius 2 is 1.73 bits per heavy atom. The van der Waals surface area contributed by atoms with E-state index in [9.17, 15) is 14.4 Å². The molecule has 2 aromatic rings. The van der Waals surface area contributed by atoms with Crippen LogP contribution in [0.15, 0.2) is 42.5 Å². The van der Waals surface area contributed by atoms with Crippen molar-refractivity contribution in [1.29, 1.82) is 0 Å². The van der Waals surface area contributed by atoms with Crippen molar-refractivity contribution in [2.45, 2.75) is 25.6 Å². The van der Waals surface area contributed by atoms with Crippen molar-refractivity contribution in [3.63, 3.8) is 0 Å². The maximum Gasteiger partial charge on any atom is 0.509 e. The fourth-order valence-corrected chi connectivity index (χ4v) is 2.98. The van der Waals surface area contributed by atoms with E-state index in [2.05, 4.69) is 4.74 Å². The second-order valence-electron chi connectivity index (χ2n) is 5.86. The monoisotopic (exact) mass is 356 g/mol. The highest BCUT2D eigenvalue weighted by Gasteiger charge is 2.27. The molecule has 0 aromatic heterocycles. The molecule has 0 heterocycles. The van der Waals surface area contributed by atoms with Crippen LogP contribution in [0.2, 0.25) is 0 Å². The molecule has 0 aliphatic heterocycles. The summed E-state index contributed by atoms with van der Waals surface area (Å²) in [6, 6.07) is 13.7. The van der Waals surface area contributed by atoms with E-state index in [1.54, 1.807) is 0 Å². The van der Waals surface area contributed by atoms with Crippen molar-refractivity contribution in [2.75, 3.05) is 0 Å². The maximum atomic E-state index is 11.7. The molecule has 2 aromatic carbocycles. The first-order valence-electron chi connectivity index (χ1n) is 7.92. The van der Waals surface area contributed by atoms with E-state index >= 15 is 0 Å². The van der Waals surface area contributed by atoms with Gasteiger partial charge in [-0.1, -0.05) is 42.5 Å². The molecule has 0 saturated carbocycles. The number of carbonyl (C=O) groups excluding carboxylic acids is 1. The second kappa shape index (κ2) is 7.26. The molecule has 7 heteroatoms. The van der Waals surface area contributed by atoms with Crippen LogP contribution in [0.25, 0.3) is 11.1 Å². The zero-order chi connectivity index (χ0) is 18.7. The van der Waals surface area contributed by atoms with E-state index in [1.807, 2.05) is 42.5 Å². The predicted octanol–water partition coefficient (Wildman–Crippen LogP) is 2.84. The number of ether oxygens (including phenoxy) is 2. The molecule has 2 N–H and O–H groups in total. The molecule has 0 amide bonds. The number of fused-ring (bicyclic) bond motifs is 3. The van der Waals surface area contributed by atoms with Crippen LogP contribution in [0.5, 0.6) is 0 Å². The minimum Gasteiger partial charge on any atom is -0.481 e. The first-order chi connectivity index (χ1) is 12.5. The van der Waals surface area contributed by atoms with Gasteiger partial charge in [0.2, 0.25) is 6.10 Å². The van der Waals surface area contributed by atoms with E-state index in [0.717, 1.165) is 28.7 Å². The average Bonchev–Trinajstić information content (AvgIpc) is 2.98. The van der Waals surface area contributed by atoms with Gasteiger partial charge < -0.3 is 19.7 Å². The van der Waals surface area contributed by atoms with E-state index in [0.29, 0.717) is 0 Å². The minimum atomic E-state index is -1.79. The lowest BCUT2D eigenvalue weighted by Gasteiger charge is -2.13. The Morgan fingerprint density at radius 1 is 1.00 bits per heavy atom. The third-order valence-corrected chi connectivity index (χ3v) is 4.17. The Morgan fingerprint density at radius 3 is 2.46 bits per heavy atom. The van der Waals surface area contributed by atoms with Gasteiger partial charge in [-0.05, 0) is 34.2 Å². The fraction of sp³-hybridized carbons (Fsp3) is 0.211. The molecule has 0 bridgehead atoms. The van der Waals surface area contributed by atoms with Gasteiger partial charge in [0, 0.05) is 0 Å². The Hall–Kier alpha value is -3.35. The summed E-state index contributed by atoms with van der Waals surface area (Å²) in [7, 11) is 0. The first-order valence-corrected chi connectivity index (χ1v) is 7.92. The lowest BCUT2D eigenvalue weighted by atomic mass is 10.0. The van der Waals surface area contributed by atoms with Crippen LogP contribution in [0, 0.1) is 0 Å². The molecule has 1 atom stereocenters. The van der Waals surface area contributed by atoms with Crippen molar-refractivity contribution in [3.05, 3.63) is 59.2 Å². The van der Waals surface area contributed by atoms with Crippen LogP contribution in [-0.2, 0) is 32.1 Å². The molecular formula is C19H16O7. The topological polar surface area (TPSA) is 110 Å². The molecule has 1 unspecified atom stereocenters. The molecule has 3 rings (SSSR count). The third kappa shape index (κ3) is 3.66. The lowest BCUT2D eigenvalue weighted by molar-refractivity contribution is -0.154. The van der Waals surface area contributed by atoms with E-state index in [4.69, 9.17) is 14.9 Å². The Balaban J connectivity index is 1.67. The summed E-state index contributed by atoms with van der Waals surface area (Å²) >= 11 is 0. The third-order valence-electron chi connectivity index (χ3n) is 4.17. The minimum absolute atomic E-state index is 0.0879. The number of benzene rings is 2. The van der Waals surface area contributed by atoms with Crippen LogP contribution in [0.4, 0.5) is 4.79 Å². The maximum absolute atomic E-state index is 11.7. The second-order valence-corrected chi connectivity index (χ2v) is 5.86. The molecule has 1 aliphatic rings. The fourth-order valence-electron chi connectivity index (χ4n) is 2.98. The quantitative estimate of drug-likeness (QED) is 0.653. The highest BCUT2D eigenvalue weighted by Crippen LogP contribution is 2.38. The Labute approximate surface area is 148 Å². The van der Waals surface area contributed by atoms with E-state index in [1.165, 1.54) is 5.56 Å². The zero-order valence-electron chi connectivity index (χ0n) is 13.7. The van der Waals surface area contributed by atoms with Gasteiger partial charge in [-0.25, -0.2) is 9.59 Å². The number of carboxylic acid groups (broad SMARTS) is 2. The van der Waals surface area contributed by atoms with Crippen molar-refractivity contribution in [1.82, 2.24) is 0 Å². The summed E-state index contributed by atoms with van der Waals surface area (Å²) in [5.41, 5.74) is 5.23. The van der Waals surface area contributed by atoms with Crippen molar-refractivity contribution >= 4 is 18.1 Å². The molecule has 0 radical (unpaired) electrons. The predicted molar refractivity (Wildman–Crippen MR) is 89.6 cm³/mol. The molecule has 0 spiro atoms. The van der Waals surface area contributed by atoms with E-state index in [-0.39, 0.29) is 6.61 Å². The lowest BCUT2D eigenvalue weighted by Crippen LogP contribution is -2.29. The highest BCUT2D eigenvalue weighted by atomic mass is 16.7. The molecular weight excluding hydrogens is 340 g/mol. The van der Waals surface area contributed by atoms with Gasteiger partial charge >= 0.3 is 18.1 Å². The van der Waals surface area contributed by atoms with Gasteiger partial charge in [0.15, 0.2) is 0 Å². The molecule has 1 aliphatic carbocycles. The van der Waals surface area contributed by atoms with Crippen LogP contribution in [-0.4, -0.2) is 34.4 Å². The molecule has 134 valence electrons. The standard InChI is InChI=1S/C19H16O7/c20-17(21)9-16(18(22)23)26-19(24)25-10-12-5-3-7-14-13-6-2-1-4-11(13)8-15(12)14/h1-7,16H,8-10H2,(H,20,21)(H,22,23). The molecule has 7 nitrogen and oxygen atoms in total. The average molecular weight is 356 g/mol. The summed E-state index contributed by atoms with van der Waals surface area (Å²) in [5.74, 6) is -2.93. The van der Waals surface area contributed by atoms with E-state index < -0.39 is 30.6 Å². The number of carboxylic acids is 2. The van der Waals surface area contributed by atoms with Crippen molar-refractivity contribution in [3.8, 4) is 11.1 Å². The SMILES string of the molecule is O=C(O)CC(OC(=O)OCc1cccc2c1Cc1ccccc1-2)C(=O)O. The highest BCUT2D eigenvalue weighted by molar-refractivity contribution is 5.81. The summed E-state index contributed by atoms with van der Waals surface area (Å²) in [4.78, 5) is 33.3. The van der Waals surface area contributed by atoms with Gasteiger partial charge in [0.25, 0.3) is 0 Å². The number of carbonyl (C=O) groups is 3. The van der Waals surface area contributed by atoms with Crippen LogP contribution < -0.4 is 0 Å². The summed E-state index contributed by atoms with van der Waals surface area (Å²) in [5, 5.41) is 17.5. The Bertz CT molecular complexity index is 872. The summed E-state index contributed by atoms with van der Waals surface area (Å²) in [6.45, 7) is -0.0879. The summed E-state index contributed by atoms with van der Waals surface area (Å²) in [6.07, 6.45) is -3.12. The largest absolute Gasteiger partial charge is 0.509 e. The number of aliphatic carboxylic acids is 2. The molecule has 0 saturated heterocycles. The van der Waals surface area contributed by atoms with Gasteiger partial charge in [-0.3, -0.25) is 4.79 Å². The van der Waals surface area contributed by atoms with Crippen LogP contribution in [0.1, 0.15) is 23.1 Å². The normalized spacial score (nSPS) is 12.6. The molecule has 26 heavy (non-hydrogen) atoms. The molecule has 0 fully saturated rings. The van der Waals surface area contributed by atoms with Crippen LogP contribution in [0.3, 0.4) is 0 Å². The van der Waals surface area contributed by atoms with Crippen LogP contribution >= 0.6 is 0 Å². The van der Waals surface area contributed by atoms with Crippen molar-refractivity contribution in [2.24, 2.45) is 0 Å². The number of hydrogen-bond acceptors (Lipinski definition) is 5. The number of hydrogen-bond donors (Lipinski definition) is 2. The van der Waals surface area contributed by atoms with Gasteiger partial charge in [0.05, 0.1) is 6.42 Å². The zero-order valence-corrected chi connectivity index (χ0v) is 13.7. The van der Waals surface area contributed by atoms with Crippen molar-refractivity contribution < 1.29 is 34.1 Å². The smallest absolute Gasteiger partial charge is 0.481 e. The van der Waals surface area contributed by atoms with Gasteiger partial charge in [-0.2, -0.15) is 0 Å². The number of rotatable bonds is 6.